The van der Waals surface area contributed by atoms with E-state index in [1.165, 1.54) is 30.5 Å². The zero-order valence-electron chi connectivity index (χ0n) is 21.3. The molecule has 7 nitrogen and oxygen atoms in total. The first-order valence-corrected chi connectivity index (χ1v) is 13.3. The first-order chi connectivity index (χ1) is 18.6. The summed E-state index contributed by atoms with van der Waals surface area (Å²) < 4.78 is 37.1. The molecule has 6 rings (SSSR count). The van der Waals surface area contributed by atoms with Crippen molar-refractivity contribution in [2.24, 2.45) is 5.92 Å². The predicted octanol–water partition coefficient (Wildman–Crippen LogP) is 4.82. The molecular formula is C29H32F2N6O. The molecule has 4 heterocycles. The van der Waals surface area contributed by atoms with Gasteiger partial charge in [0, 0.05) is 48.7 Å². The quantitative estimate of drug-likeness (QED) is 0.366. The van der Waals surface area contributed by atoms with Crippen molar-refractivity contribution < 1.29 is 13.5 Å². The molecule has 0 spiro atoms. The Balaban J connectivity index is 1.19. The van der Waals surface area contributed by atoms with Crippen LogP contribution >= 0.6 is 0 Å². The second-order valence-electron chi connectivity index (χ2n) is 10.2. The smallest absolute Gasteiger partial charge is 0.229 e. The maximum atomic E-state index is 15.0. The van der Waals surface area contributed by atoms with Crippen LogP contribution in [0, 0.1) is 17.6 Å². The van der Waals surface area contributed by atoms with E-state index in [9.17, 15) is 0 Å². The Morgan fingerprint density at radius 3 is 2.47 bits per heavy atom. The minimum atomic E-state index is -0.565. The average molecular weight is 519 g/mol. The van der Waals surface area contributed by atoms with Gasteiger partial charge >= 0.3 is 0 Å². The third-order valence-corrected chi connectivity index (χ3v) is 7.51. The molecule has 2 aromatic carbocycles. The minimum Gasteiger partial charge on any atom is -0.379 e. The highest BCUT2D eigenvalue weighted by Crippen LogP contribution is 2.26. The van der Waals surface area contributed by atoms with Crippen LogP contribution in [-0.2, 0) is 17.7 Å². The topological polar surface area (TPSA) is 67.2 Å². The number of benzene rings is 2. The lowest BCUT2D eigenvalue weighted by Crippen LogP contribution is -2.36. The molecule has 0 atom stereocenters. The molecule has 0 saturated carbocycles. The summed E-state index contributed by atoms with van der Waals surface area (Å²) in [5.41, 5.74) is 3.25. The van der Waals surface area contributed by atoms with Gasteiger partial charge in [-0.05, 0) is 74.2 Å². The minimum absolute atomic E-state index is 0.0766. The fourth-order valence-corrected chi connectivity index (χ4v) is 5.32. The molecule has 2 aliphatic heterocycles. The average Bonchev–Trinajstić information content (AvgIpc) is 3.36. The van der Waals surface area contributed by atoms with E-state index in [1.54, 1.807) is 17.0 Å². The van der Waals surface area contributed by atoms with Gasteiger partial charge in [-0.2, -0.15) is 4.98 Å². The van der Waals surface area contributed by atoms with Gasteiger partial charge in [0.15, 0.2) is 0 Å². The summed E-state index contributed by atoms with van der Waals surface area (Å²) in [6.07, 6.45) is 7.01. The fourth-order valence-electron chi connectivity index (χ4n) is 5.32. The molecular weight excluding hydrogens is 486 g/mol. The van der Waals surface area contributed by atoms with Crippen LogP contribution in [0.15, 0.2) is 54.9 Å². The van der Waals surface area contributed by atoms with Crippen LogP contribution in [-0.4, -0.2) is 58.8 Å². The maximum absolute atomic E-state index is 15.0. The van der Waals surface area contributed by atoms with Crippen LogP contribution in [0.25, 0.3) is 16.7 Å². The molecule has 198 valence electrons. The van der Waals surface area contributed by atoms with Crippen molar-refractivity contribution in [3.05, 3.63) is 77.6 Å². The number of ether oxygens (including phenoxy) is 1. The van der Waals surface area contributed by atoms with Crippen molar-refractivity contribution in [3.8, 4) is 5.69 Å². The van der Waals surface area contributed by atoms with E-state index in [1.807, 2.05) is 23.1 Å². The maximum Gasteiger partial charge on any atom is 0.229 e. The van der Waals surface area contributed by atoms with E-state index in [2.05, 4.69) is 32.7 Å². The number of nitrogens with one attached hydrogen (secondary N) is 2. The summed E-state index contributed by atoms with van der Waals surface area (Å²) in [6.45, 7) is 4.91. The summed E-state index contributed by atoms with van der Waals surface area (Å²) >= 11 is 0. The fraction of sp³-hybridized carbons (Fsp3) is 0.379. The molecule has 4 aromatic rings. The Kier molecular flexibility index (Phi) is 7.31. The number of morpholine rings is 1. The van der Waals surface area contributed by atoms with Crippen molar-refractivity contribution in [1.29, 1.82) is 0 Å². The number of halogens is 2. The number of anilines is 2. The Bertz CT molecular complexity index is 1370. The Hall–Kier alpha value is -3.40. The molecule has 2 saturated heterocycles. The molecule has 2 aliphatic rings. The first kappa shape index (κ1) is 24.9. The van der Waals surface area contributed by atoms with Crippen molar-refractivity contribution in [2.45, 2.75) is 25.8 Å². The van der Waals surface area contributed by atoms with Gasteiger partial charge in [-0.1, -0.05) is 12.1 Å². The number of aromatic nitrogens is 3. The number of fused-ring (bicyclic) bond motifs is 1. The number of piperidine rings is 1. The Morgan fingerprint density at radius 2 is 1.74 bits per heavy atom. The molecule has 0 unspecified atom stereocenters. The second kappa shape index (κ2) is 11.1. The number of hydrogen-bond acceptors (Lipinski definition) is 6. The second-order valence-corrected chi connectivity index (χ2v) is 10.2. The molecule has 2 aromatic heterocycles. The van der Waals surface area contributed by atoms with Crippen molar-refractivity contribution in [1.82, 2.24) is 24.8 Å². The van der Waals surface area contributed by atoms with Gasteiger partial charge in [-0.25, -0.2) is 13.8 Å². The summed E-state index contributed by atoms with van der Waals surface area (Å²) in [6, 6.07) is 13.0. The highest BCUT2D eigenvalue weighted by Gasteiger charge is 2.19. The van der Waals surface area contributed by atoms with Gasteiger partial charge in [-0.3, -0.25) is 4.90 Å². The van der Waals surface area contributed by atoms with E-state index >= 15 is 8.78 Å². The van der Waals surface area contributed by atoms with Crippen LogP contribution in [0.2, 0.25) is 0 Å². The largest absolute Gasteiger partial charge is 0.379 e. The predicted molar refractivity (Wildman–Crippen MR) is 144 cm³/mol. The number of rotatable bonds is 7. The molecule has 2 fully saturated rings. The van der Waals surface area contributed by atoms with Crippen molar-refractivity contribution in [2.75, 3.05) is 44.7 Å². The molecule has 9 heteroatoms. The highest BCUT2D eigenvalue weighted by molar-refractivity contribution is 5.78. The van der Waals surface area contributed by atoms with E-state index < -0.39 is 11.6 Å². The summed E-state index contributed by atoms with van der Waals surface area (Å²) in [5, 5.41) is 7.46. The van der Waals surface area contributed by atoms with Gasteiger partial charge in [-0.15, -0.1) is 0 Å². The third-order valence-electron chi connectivity index (χ3n) is 7.51. The summed E-state index contributed by atoms with van der Waals surface area (Å²) in [4.78, 5) is 11.1. The van der Waals surface area contributed by atoms with Gasteiger partial charge in [0.1, 0.15) is 17.3 Å². The van der Waals surface area contributed by atoms with E-state index in [0.29, 0.717) is 43.6 Å². The van der Waals surface area contributed by atoms with Crippen LogP contribution in [0.4, 0.5) is 20.4 Å². The highest BCUT2D eigenvalue weighted by atomic mass is 19.1. The monoisotopic (exact) mass is 518 g/mol. The Labute approximate surface area is 220 Å². The lowest BCUT2D eigenvalue weighted by atomic mass is 9.91. The van der Waals surface area contributed by atoms with Gasteiger partial charge in [0.2, 0.25) is 5.95 Å². The standard InChI is InChI=1S/C29H32F2N6O/c30-26-16-24(17-27(31)25(26)19-36-11-13-38-14-12-36)37-10-7-22-18-33-29(35-28(22)37)34-23-3-1-20(2-4-23)15-21-5-8-32-9-6-21/h1-4,7,10,16-18,21,32H,5-6,8-9,11-15,19H2,(H,33,34,35). The number of nitrogens with zero attached hydrogens (tertiary/aromatic N) is 4. The van der Waals surface area contributed by atoms with E-state index in [4.69, 9.17) is 4.74 Å². The van der Waals surface area contributed by atoms with Crippen molar-refractivity contribution in [3.63, 3.8) is 0 Å². The molecule has 38 heavy (non-hydrogen) atoms. The lowest BCUT2D eigenvalue weighted by Gasteiger charge is -2.27. The SMILES string of the molecule is Fc1cc(-n2ccc3cnc(Nc4ccc(CC5CCNCC5)cc4)nc32)cc(F)c1CN1CCOCC1. The van der Waals surface area contributed by atoms with E-state index in [0.717, 1.165) is 36.5 Å². The van der Waals surface area contributed by atoms with Crippen molar-refractivity contribution >= 4 is 22.7 Å². The lowest BCUT2D eigenvalue weighted by molar-refractivity contribution is 0.0332. The zero-order chi connectivity index (χ0) is 25.9. The van der Waals surface area contributed by atoms with E-state index in [-0.39, 0.29) is 12.1 Å². The first-order valence-electron chi connectivity index (χ1n) is 13.3. The molecule has 0 amide bonds. The molecule has 0 aliphatic carbocycles. The molecule has 2 N–H and O–H groups in total. The zero-order valence-corrected chi connectivity index (χ0v) is 21.3. The third kappa shape index (κ3) is 5.55. The molecule has 0 radical (unpaired) electrons. The van der Waals surface area contributed by atoms with Crippen LogP contribution in [0.1, 0.15) is 24.0 Å². The van der Waals surface area contributed by atoms with Gasteiger partial charge < -0.3 is 19.9 Å². The van der Waals surface area contributed by atoms with Gasteiger partial charge in [0.25, 0.3) is 0 Å². The van der Waals surface area contributed by atoms with Gasteiger partial charge in [0.05, 0.1) is 18.9 Å². The Morgan fingerprint density at radius 1 is 1.00 bits per heavy atom. The van der Waals surface area contributed by atoms with Crippen LogP contribution < -0.4 is 10.6 Å². The summed E-state index contributed by atoms with van der Waals surface area (Å²) in [7, 11) is 0. The van der Waals surface area contributed by atoms with Crippen LogP contribution in [0.5, 0.6) is 0 Å². The number of hydrogen-bond donors (Lipinski definition) is 2. The van der Waals surface area contributed by atoms with Crippen LogP contribution in [0.3, 0.4) is 0 Å². The summed E-state index contributed by atoms with van der Waals surface area (Å²) in [5.74, 6) is 0.0285. The molecule has 0 bridgehead atoms. The normalized spacial score (nSPS) is 17.2.